The Labute approximate surface area is 198 Å². The average Bonchev–Trinajstić information content (AvgIpc) is 3.41. The van der Waals surface area contributed by atoms with E-state index in [9.17, 15) is 9.59 Å². The van der Waals surface area contributed by atoms with Crippen molar-refractivity contribution in [3.63, 3.8) is 0 Å². The van der Waals surface area contributed by atoms with Gasteiger partial charge in [0.05, 0.1) is 21.6 Å². The maximum atomic E-state index is 13.0. The molecule has 1 aliphatic rings. The van der Waals surface area contributed by atoms with Crippen molar-refractivity contribution in [2.75, 3.05) is 6.54 Å². The van der Waals surface area contributed by atoms with Gasteiger partial charge in [-0.3, -0.25) is 9.59 Å². The van der Waals surface area contributed by atoms with Crippen LogP contribution in [0.1, 0.15) is 34.5 Å². The summed E-state index contributed by atoms with van der Waals surface area (Å²) in [6.07, 6.45) is 1.46. The molecule has 0 radical (unpaired) electrons. The van der Waals surface area contributed by atoms with Crippen LogP contribution in [0.4, 0.5) is 0 Å². The van der Waals surface area contributed by atoms with Gasteiger partial charge in [0, 0.05) is 22.6 Å². The van der Waals surface area contributed by atoms with Gasteiger partial charge in [-0.15, -0.1) is 11.3 Å². The maximum Gasteiger partial charge on any atom is 0.255 e. The van der Waals surface area contributed by atoms with E-state index >= 15 is 0 Å². The molecule has 0 saturated carbocycles. The largest absolute Gasteiger partial charge is 0.350 e. The lowest BCUT2D eigenvalue weighted by Gasteiger charge is -2.24. The molecule has 1 saturated heterocycles. The number of carbonyl (C=O) groups is 2. The number of nitrogens with zero attached hydrogens (tertiary/aromatic N) is 2. The lowest BCUT2D eigenvalue weighted by Crippen LogP contribution is -2.45. The van der Waals surface area contributed by atoms with E-state index < -0.39 is 6.04 Å². The highest BCUT2D eigenvalue weighted by atomic mass is 79.9. The van der Waals surface area contributed by atoms with Crippen LogP contribution in [0.25, 0.3) is 10.4 Å². The number of halogens is 2. The van der Waals surface area contributed by atoms with E-state index in [0.29, 0.717) is 34.6 Å². The molecule has 1 atom stereocenters. The molecular formula is C23H21BrClN3O2S. The first kappa shape index (κ1) is 22.0. The van der Waals surface area contributed by atoms with E-state index in [1.54, 1.807) is 34.4 Å². The molecule has 5 nitrogen and oxygen atoms in total. The van der Waals surface area contributed by atoms with Gasteiger partial charge < -0.3 is 10.2 Å². The number of amides is 2. The van der Waals surface area contributed by atoms with Crippen molar-refractivity contribution < 1.29 is 9.59 Å². The van der Waals surface area contributed by atoms with Crippen LogP contribution in [0, 0.1) is 6.92 Å². The maximum absolute atomic E-state index is 13.0. The number of aromatic nitrogens is 1. The summed E-state index contributed by atoms with van der Waals surface area (Å²) < 4.78 is 0.632. The van der Waals surface area contributed by atoms with Gasteiger partial charge in [-0.05, 0) is 65.0 Å². The molecule has 1 aliphatic heterocycles. The van der Waals surface area contributed by atoms with E-state index in [1.165, 1.54) is 0 Å². The number of thiazole rings is 1. The minimum absolute atomic E-state index is 0.127. The Balaban J connectivity index is 1.40. The molecular weight excluding hydrogens is 498 g/mol. The lowest BCUT2D eigenvalue weighted by atomic mass is 10.1. The highest BCUT2D eigenvalue weighted by Gasteiger charge is 2.35. The summed E-state index contributed by atoms with van der Waals surface area (Å²) in [6.45, 7) is 2.98. The van der Waals surface area contributed by atoms with Crippen LogP contribution in [0.3, 0.4) is 0 Å². The molecule has 2 amide bonds. The predicted molar refractivity (Wildman–Crippen MR) is 127 cm³/mol. The monoisotopic (exact) mass is 517 g/mol. The molecule has 0 bridgehead atoms. The minimum atomic E-state index is -0.464. The number of nitrogens with one attached hydrogen (secondary N) is 1. The molecule has 160 valence electrons. The van der Waals surface area contributed by atoms with E-state index in [4.69, 9.17) is 11.6 Å². The first-order chi connectivity index (χ1) is 14.9. The summed E-state index contributed by atoms with van der Waals surface area (Å²) in [5.41, 5.74) is 5.50. The summed E-state index contributed by atoms with van der Waals surface area (Å²) in [4.78, 5) is 33.0. The third-order valence-electron chi connectivity index (χ3n) is 5.41. The Kier molecular flexibility index (Phi) is 6.74. The molecule has 1 fully saturated rings. The van der Waals surface area contributed by atoms with Gasteiger partial charge in [0.2, 0.25) is 5.91 Å². The fraction of sp³-hybridized carbons (Fsp3) is 0.261. The highest BCUT2D eigenvalue weighted by molar-refractivity contribution is 9.10. The Morgan fingerprint density at radius 2 is 2.03 bits per heavy atom. The van der Waals surface area contributed by atoms with Crippen LogP contribution >= 0.6 is 38.9 Å². The van der Waals surface area contributed by atoms with Crippen molar-refractivity contribution in [3.8, 4) is 10.4 Å². The van der Waals surface area contributed by atoms with Crippen molar-refractivity contribution in [3.05, 3.63) is 74.3 Å². The molecule has 8 heteroatoms. The Morgan fingerprint density at radius 1 is 1.26 bits per heavy atom. The van der Waals surface area contributed by atoms with E-state index in [-0.39, 0.29) is 11.8 Å². The van der Waals surface area contributed by atoms with Crippen molar-refractivity contribution in [2.45, 2.75) is 32.4 Å². The van der Waals surface area contributed by atoms with E-state index in [1.807, 2.05) is 36.7 Å². The third-order valence-corrected chi connectivity index (χ3v) is 7.28. The first-order valence-electron chi connectivity index (χ1n) is 9.97. The minimum Gasteiger partial charge on any atom is -0.350 e. The second-order valence-electron chi connectivity index (χ2n) is 7.46. The number of aryl methyl sites for hydroxylation is 1. The zero-order chi connectivity index (χ0) is 22.0. The van der Waals surface area contributed by atoms with Crippen molar-refractivity contribution in [1.82, 2.24) is 15.2 Å². The number of benzene rings is 2. The number of likely N-dealkylation sites (tertiary alicyclic amines) is 1. The number of hydrogen-bond donors (Lipinski definition) is 1. The summed E-state index contributed by atoms with van der Waals surface area (Å²) >= 11 is 11.0. The van der Waals surface area contributed by atoms with Crippen LogP contribution in [0.5, 0.6) is 0 Å². The smallest absolute Gasteiger partial charge is 0.255 e. The highest BCUT2D eigenvalue weighted by Crippen LogP contribution is 2.28. The Bertz CT molecular complexity index is 1120. The fourth-order valence-corrected chi connectivity index (χ4v) is 5.42. The SMILES string of the molecule is Cc1ncsc1-c1ccc(CNC(=O)[C@@H]2CCCN2C(=O)c2ccc(Cl)cc2Br)cc1. The molecule has 0 aliphatic carbocycles. The number of carbonyl (C=O) groups excluding carboxylic acids is 2. The van der Waals surface area contributed by atoms with Crippen molar-refractivity contribution in [2.24, 2.45) is 0 Å². The summed E-state index contributed by atoms with van der Waals surface area (Å²) in [6, 6.07) is 12.7. The zero-order valence-corrected chi connectivity index (χ0v) is 20.1. The van der Waals surface area contributed by atoms with Gasteiger partial charge in [-0.1, -0.05) is 35.9 Å². The van der Waals surface area contributed by atoms with Crippen LogP contribution in [0.2, 0.25) is 5.02 Å². The topological polar surface area (TPSA) is 62.3 Å². The molecule has 1 aromatic heterocycles. The zero-order valence-electron chi connectivity index (χ0n) is 16.9. The molecule has 0 spiro atoms. The average molecular weight is 519 g/mol. The van der Waals surface area contributed by atoms with Crippen LogP contribution < -0.4 is 5.32 Å². The second-order valence-corrected chi connectivity index (χ2v) is 9.61. The number of rotatable bonds is 5. The van der Waals surface area contributed by atoms with Crippen LogP contribution in [-0.4, -0.2) is 34.3 Å². The van der Waals surface area contributed by atoms with Gasteiger partial charge >= 0.3 is 0 Å². The molecule has 3 aromatic rings. The summed E-state index contributed by atoms with van der Waals surface area (Å²) in [7, 11) is 0. The Morgan fingerprint density at radius 3 is 2.71 bits per heavy atom. The fourth-order valence-electron chi connectivity index (χ4n) is 3.76. The second kappa shape index (κ2) is 9.51. The molecule has 4 rings (SSSR count). The lowest BCUT2D eigenvalue weighted by molar-refractivity contribution is -0.125. The Hall–Kier alpha value is -2.22. The molecule has 2 heterocycles. The quantitative estimate of drug-likeness (QED) is 0.488. The van der Waals surface area contributed by atoms with Crippen molar-refractivity contribution >= 4 is 50.7 Å². The van der Waals surface area contributed by atoms with E-state index in [0.717, 1.165) is 28.1 Å². The first-order valence-corrected chi connectivity index (χ1v) is 12.0. The third kappa shape index (κ3) is 4.84. The van der Waals surface area contributed by atoms with Crippen molar-refractivity contribution in [1.29, 1.82) is 0 Å². The van der Waals surface area contributed by atoms with Crippen LogP contribution in [0.15, 0.2) is 52.4 Å². The summed E-state index contributed by atoms with van der Waals surface area (Å²) in [5, 5.41) is 3.54. The normalized spacial score (nSPS) is 15.8. The molecule has 31 heavy (non-hydrogen) atoms. The van der Waals surface area contributed by atoms with E-state index in [2.05, 4.69) is 26.2 Å². The molecule has 2 aromatic carbocycles. The summed E-state index contributed by atoms with van der Waals surface area (Å²) in [5.74, 6) is -0.288. The molecule has 1 N–H and O–H groups in total. The van der Waals surface area contributed by atoms with Gasteiger partial charge in [-0.25, -0.2) is 4.98 Å². The predicted octanol–water partition coefficient (Wildman–Crippen LogP) is 5.46. The molecule has 0 unspecified atom stereocenters. The number of hydrogen-bond acceptors (Lipinski definition) is 4. The van der Waals surface area contributed by atoms with Crippen LogP contribution in [-0.2, 0) is 11.3 Å². The van der Waals surface area contributed by atoms with Gasteiger partial charge in [0.15, 0.2) is 0 Å². The van der Waals surface area contributed by atoms with Gasteiger partial charge in [0.25, 0.3) is 5.91 Å². The van der Waals surface area contributed by atoms with Gasteiger partial charge in [0.1, 0.15) is 6.04 Å². The van der Waals surface area contributed by atoms with Gasteiger partial charge in [-0.2, -0.15) is 0 Å². The standard InChI is InChI=1S/C23H21BrClN3O2S/c1-14-21(31-13-27-14)16-6-4-15(5-7-16)12-26-22(29)20-3-2-10-28(20)23(30)18-9-8-17(25)11-19(18)24/h4-9,11,13,20H,2-3,10,12H2,1H3,(H,26,29)/t20-/m0/s1.